The van der Waals surface area contributed by atoms with Crippen LogP contribution in [0.15, 0.2) is 35.2 Å². The van der Waals surface area contributed by atoms with Gasteiger partial charge in [0.15, 0.2) is 0 Å². The Balaban J connectivity index is 1.69. The van der Waals surface area contributed by atoms with Gasteiger partial charge in [0, 0.05) is 25.3 Å². The van der Waals surface area contributed by atoms with Gasteiger partial charge in [-0.3, -0.25) is 0 Å². The summed E-state index contributed by atoms with van der Waals surface area (Å²) in [5.74, 6) is -0.0159. The van der Waals surface area contributed by atoms with E-state index in [2.05, 4.69) is 9.62 Å². The van der Waals surface area contributed by atoms with Crippen molar-refractivity contribution >= 4 is 15.7 Å². The molecule has 1 saturated heterocycles. The lowest BCUT2D eigenvalue weighted by Gasteiger charge is -2.20. The van der Waals surface area contributed by atoms with E-state index in [1.807, 2.05) is 33.8 Å². The van der Waals surface area contributed by atoms with Crippen molar-refractivity contribution in [2.75, 3.05) is 24.5 Å². The molecule has 2 aromatic carbocycles. The van der Waals surface area contributed by atoms with Crippen molar-refractivity contribution in [3.8, 4) is 0 Å². The van der Waals surface area contributed by atoms with E-state index in [-0.39, 0.29) is 11.7 Å². The van der Waals surface area contributed by atoms with E-state index in [4.69, 9.17) is 0 Å². The van der Waals surface area contributed by atoms with Crippen LogP contribution in [0.1, 0.15) is 28.7 Å². The second-order valence-corrected chi connectivity index (χ2v) is 9.22. The standard InChI is InChI=1S/C21H27FN2O2S/c1-14-11-15(2)17(4)21(16(14)3)27(25,26)23-12-18-9-10-24(13-18)20-7-5-19(22)6-8-20/h5-8,11,18,23H,9-10,12-13H2,1-4H3. The summed E-state index contributed by atoms with van der Waals surface area (Å²) in [6, 6.07) is 8.48. The molecule has 0 saturated carbocycles. The minimum absolute atomic E-state index is 0.233. The number of halogens is 1. The van der Waals surface area contributed by atoms with Crippen molar-refractivity contribution in [1.29, 1.82) is 0 Å². The average molecular weight is 391 g/mol. The molecule has 0 spiro atoms. The van der Waals surface area contributed by atoms with Crippen LogP contribution in [0.4, 0.5) is 10.1 Å². The van der Waals surface area contributed by atoms with Crippen LogP contribution in [0.5, 0.6) is 0 Å². The second kappa shape index (κ2) is 7.60. The summed E-state index contributed by atoms with van der Waals surface area (Å²) in [4.78, 5) is 2.58. The van der Waals surface area contributed by atoms with Gasteiger partial charge in [-0.05, 0) is 86.6 Å². The molecule has 0 aliphatic carbocycles. The molecule has 6 heteroatoms. The van der Waals surface area contributed by atoms with Crippen LogP contribution < -0.4 is 9.62 Å². The normalized spacial score (nSPS) is 17.5. The molecule has 0 radical (unpaired) electrons. The van der Waals surface area contributed by atoms with Crippen LogP contribution in [0, 0.1) is 39.4 Å². The van der Waals surface area contributed by atoms with Crippen LogP contribution in [0.3, 0.4) is 0 Å². The molecule has 1 atom stereocenters. The third-order valence-electron chi connectivity index (χ3n) is 5.61. The first-order chi connectivity index (χ1) is 12.7. The molecule has 1 unspecified atom stereocenters. The van der Waals surface area contributed by atoms with Gasteiger partial charge in [-0.15, -0.1) is 0 Å². The Kier molecular flexibility index (Phi) is 5.58. The fraction of sp³-hybridized carbons (Fsp3) is 0.429. The molecule has 2 aromatic rings. The maximum Gasteiger partial charge on any atom is 0.241 e. The Morgan fingerprint density at radius 2 is 1.67 bits per heavy atom. The molecule has 27 heavy (non-hydrogen) atoms. The molecule has 1 heterocycles. The molecule has 0 bridgehead atoms. The van der Waals surface area contributed by atoms with E-state index in [9.17, 15) is 12.8 Å². The van der Waals surface area contributed by atoms with Crippen molar-refractivity contribution in [1.82, 2.24) is 4.72 Å². The van der Waals surface area contributed by atoms with Crippen molar-refractivity contribution in [3.63, 3.8) is 0 Å². The monoisotopic (exact) mass is 390 g/mol. The largest absolute Gasteiger partial charge is 0.371 e. The summed E-state index contributed by atoms with van der Waals surface area (Å²) in [7, 11) is -3.56. The molecule has 4 nitrogen and oxygen atoms in total. The van der Waals surface area contributed by atoms with Crippen molar-refractivity contribution in [2.24, 2.45) is 5.92 Å². The van der Waals surface area contributed by atoms with E-state index in [0.717, 1.165) is 47.5 Å². The number of rotatable bonds is 5. The first kappa shape index (κ1) is 19.8. The Morgan fingerprint density at radius 1 is 1.07 bits per heavy atom. The van der Waals surface area contributed by atoms with E-state index < -0.39 is 10.0 Å². The third-order valence-corrected chi connectivity index (χ3v) is 7.30. The molecule has 1 fully saturated rings. The van der Waals surface area contributed by atoms with E-state index >= 15 is 0 Å². The number of hydrogen-bond acceptors (Lipinski definition) is 3. The highest BCUT2D eigenvalue weighted by Gasteiger charge is 2.27. The van der Waals surface area contributed by atoms with Crippen molar-refractivity contribution in [3.05, 3.63) is 58.4 Å². The maximum absolute atomic E-state index is 13.1. The molecule has 0 amide bonds. The summed E-state index contributed by atoms with van der Waals surface area (Å²) in [5.41, 5.74) is 4.57. The van der Waals surface area contributed by atoms with Gasteiger partial charge in [-0.2, -0.15) is 0 Å². The molecule has 1 aliphatic rings. The molecule has 1 aliphatic heterocycles. The number of aryl methyl sites for hydroxylation is 2. The van der Waals surface area contributed by atoms with E-state index in [1.54, 1.807) is 12.1 Å². The minimum Gasteiger partial charge on any atom is -0.371 e. The summed E-state index contributed by atoms with van der Waals surface area (Å²) in [6.45, 7) is 9.63. The number of sulfonamides is 1. The van der Waals surface area contributed by atoms with Gasteiger partial charge in [0.2, 0.25) is 10.0 Å². The average Bonchev–Trinajstić information content (AvgIpc) is 3.08. The zero-order valence-corrected chi connectivity index (χ0v) is 17.2. The van der Waals surface area contributed by atoms with Crippen molar-refractivity contribution < 1.29 is 12.8 Å². The molecular formula is C21H27FN2O2S. The van der Waals surface area contributed by atoms with Crippen LogP contribution in [-0.2, 0) is 10.0 Å². The van der Waals surface area contributed by atoms with Gasteiger partial charge in [-0.1, -0.05) is 6.07 Å². The molecule has 1 N–H and O–H groups in total. The highest BCUT2D eigenvalue weighted by atomic mass is 32.2. The van der Waals surface area contributed by atoms with Gasteiger partial charge in [0.1, 0.15) is 5.82 Å². The molecular weight excluding hydrogens is 363 g/mol. The predicted molar refractivity (Wildman–Crippen MR) is 107 cm³/mol. The van der Waals surface area contributed by atoms with Gasteiger partial charge in [0.25, 0.3) is 0 Å². The molecule has 146 valence electrons. The predicted octanol–water partition coefficient (Wildman–Crippen LogP) is 3.86. The van der Waals surface area contributed by atoms with Crippen LogP contribution in [0.2, 0.25) is 0 Å². The Hall–Kier alpha value is -1.92. The fourth-order valence-corrected chi connectivity index (χ4v) is 5.50. The SMILES string of the molecule is Cc1cc(C)c(C)c(S(=O)(=O)NCC2CCN(c3ccc(F)cc3)C2)c1C. The molecule has 0 aromatic heterocycles. The lowest BCUT2D eigenvalue weighted by atomic mass is 10.0. The Labute approximate surface area is 161 Å². The zero-order valence-electron chi connectivity index (χ0n) is 16.3. The number of benzene rings is 2. The van der Waals surface area contributed by atoms with Crippen LogP contribution >= 0.6 is 0 Å². The van der Waals surface area contributed by atoms with Gasteiger partial charge < -0.3 is 4.90 Å². The first-order valence-electron chi connectivity index (χ1n) is 9.26. The minimum atomic E-state index is -3.56. The topological polar surface area (TPSA) is 49.4 Å². The third kappa shape index (κ3) is 4.17. The van der Waals surface area contributed by atoms with Crippen LogP contribution in [0.25, 0.3) is 0 Å². The summed E-state index contributed by atoms with van der Waals surface area (Å²) in [5, 5.41) is 0. The smallest absolute Gasteiger partial charge is 0.241 e. The summed E-state index contributed by atoms with van der Waals surface area (Å²) >= 11 is 0. The Morgan fingerprint density at radius 3 is 2.26 bits per heavy atom. The van der Waals surface area contributed by atoms with Gasteiger partial charge in [0.05, 0.1) is 4.90 Å². The second-order valence-electron chi connectivity index (χ2n) is 7.52. The van der Waals surface area contributed by atoms with Gasteiger partial charge >= 0.3 is 0 Å². The van der Waals surface area contributed by atoms with Crippen LogP contribution in [-0.4, -0.2) is 28.1 Å². The summed E-state index contributed by atoms with van der Waals surface area (Å²) in [6.07, 6.45) is 0.907. The first-order valence-corrected chi connectivity index (χ1v) is 10.7. The van der Waals surface area contributed by atoms with E-state index in [0.29, 0.717) is 11.4 Å². The lowest BCUT2D eigenvalue weighted by molar-refractivity contribution is 0.540. The highest BCUT2D eigenvalue weighted by molar-refractivity contribution is 7.89. The zero-order chi connectivity index (χ0) is 19.8. The highest BCUT2D eigenvalue weighted by Crippen LogP contribution is 2.27. The quantitative estimate of drug-likeness (QED) is 0.843. The Bertz CT molecular complexity index is 913. The summed E-state index contributed by atoms with van der Waals surface area (Å²) < 4.78 is 41.8. The number of anilines is 1. The lowest BCUT2D eigenvalue weighted by Crippen LogP contribution is -2.32. The van der Waals surface area contributed by atoms with Gasteiger partial charge in [-0.25, -0.2) is 17.5 Å². The maximum atomic E-state index is 13.1. The number of hydrogen-bond donors (Lipinski definition) is 1. The van der Waals surface area contributed by atoms with E-state index in [1.165, 1.54) is 12.1 Å². The number of nitrogens with one attached hydrogen (secondary N) is 1. The fourth-order valence-electron chi connectivity index (χ4n) is 3.77. The molecule has 3 rings (SSSR count). The number of nitrogens with zero attached hydrogens (tertiary/aromatic N) is 1. The van der Waals surface area contributed by atoms with Crippen molar-refractivity contribution in [2.45, 2.75) is 39.0 Å².